The molecule has 5 heteroatoms. The smallest absolute Gasteiger partial charge is 0.281 e. The Bertz CT molecular complexity index is 1150. The minimum absolute atomic E-state index is 0.0589. The number of aromatic amines is 1. The SMILES string of the molecule is CC(C)(C)c1ccc(-n2[nH]c3cccc(NCc4ccncc4)c3c2=O)cc1. The molecule has 0 amide bonds. The van der Waals surface area contributed by atoms with E-state index in [1.54, 1.807) is 17.1 Å². The first kappa shape index (κ1) is 18.0. The molecule has 2 aromatic carbocycles. The van der Waals surface area contributed by atoms with E-state index in [4.69, 9.17) is 0 Å². The number of hydrogen-bond acceptors (Lipinski definition) is 3. The van der Waals surface area contributed by atoms with Gasteiger partial charge in [-0.3, -0.25) is 14.9 Å². The maximum atomic E-state index is 13.1. The molecule has 0 aliphatic carbocycles. The van der Waals surface area contributed by atoms with Crippen molar-refractivity contribution in [2.45, 2.75) is 32.7 Å². The molecule has 0 fully saturated rings. The minimum Gasteiger partial charge on any atom is -0.380 e. The Hall–Kier alpha value is -3.34. The molecular weight excluding hydrogens is 348 g/mol. The van der Waals surface area contributed by atoms with Crippen LogP contribution >= 0.6 is 0 Å². The van der Waals surface area contributed by atoms with Crippen LogP contribution in [0.25, 0.3) is 16.6 Å². The zero-order chi connectivity index (χ0) is 19.7. The van der Waals surface area contributed by atoms with Crippen molar-refractivity contribution in [3.63, 3.8) is 0 Å². The Morgan fingerprint density at radius 3 is 2.39 bits per heavy atom. The number of nitrogens with one attached hydrogen (secondary N) is 2. The van der Waals surface area contributed by atoms with Crippen LogP contribution in [-0.2, 0) is 12.0 Å². The van der Waals surface area contributed by atoms with Crippen LogP contribution in [0.2, 0.25) is 0 Å². The predicted molar refractivity (Wildman–Crippen MR) is 114 cm³/mol. The second-order valence-electron chi connectivity index (χ2n) is 7.99. The van der Waals surface area contributed by atoms with E-state index in [9.17, 15) is 4.79 Å². The average molecular weight is 372 g/mol. The molecule has 2 heterocycles. The van der Waals surface area contributed by atoms with E-state index >= 15 is 0 Å². The molecule has 5 nitrogen and oxygen atoms in total. The summed E-state index contributed by atoms with van der Waals surface area (Å²) in [6.07, 6.45) is 3.53. The highest BCUT2D eigenvalue weighted by Gasteiger charge is 2.15. The standard InChI is InChI=1S/C23H24N4O/c1-23(2,3)17-7-9-18(10-8-17)27-22(28)21-19(5-4-6-20(21)26-27)25-15-16-11-13-24-14-12-16/h4-14,25-26H,15H2,1-3H3. The van der Waals surface area contributed by atoms with Crippen LogP contribution in [0.5, 0.6) is 0 Å². The zero-order valence-corrected chi connectivity index (χ0v) is 16.4. The molecule has 0 bridgehead atoms. The molecule has 2 N–H and O–H groups in total. The van der Waals surface area contributed by atoms with Crippen LogP contribution in [0, 0.1) is 0 Å². The lowest BCUT2D eigenvalue weighted by Gasteiger charge is -2.19. The lowest BCUT2D eigenvalue weighted by Crippen LogP contribution is -2.16. The largest absolute Gasteiger partial charge is 0.380 e. The number of anilines is 1. The molecule has 4 rings (SSSR count). The number of hydrogen-bond donors (Lipinski definition) is 2. The summed E-state index contributed by atoms with van der Waals surface area (Å²) in [5.74, 6) is 0. The Morgan fingerprint density at radius 1 is 1.00 bits per heavy atom. The van der Waals surface area contributed by atoms with E-state index in [1.807, 2.05) is 42.5 Å². The molecule has 28 heavy (non-hydrogen) atoms. The molecule has 0 unspecified atom stereocenters. The summed E-state index contributed by atoms with van der Waals surface area (Å²) in [5.41, 5.74) is 4.82. The van der Waals surface area contributed by atoms with Crippen molar-refractivity contribution in [2.24, 2.45) is 0 Å². The predicted octanol–water partition coefficient (Wildman–Crippen LogP) is 4.62. The molecule has 0 spiro atoms. The van der Waals surface area contributed by atoms with Gasteiger partial charge in [0.15, 0.2) is 0 Å². The third-order valence-electron chi connectivity index (χ3n) is 4.94. The summed E-state index contributed by atoms with van der Waals surface area (Å²) in [6, 6.07) is 17.9. The lowest BCUT2D eigenvalue weighted by molar-refractivity contribution is 0.590. The summed E-state index contributed by atoms with van der Waals surface area (Å²) in [4.78, 5) is 17.2. The highest BCUT2D eigenvalue weighted by atomic mass is 16.1. The van der Waals surface area contributed by atoms with Crippen LogP contribution in [-0.4, -0.2) is 14.8 Å². The number of nitrogens with zero attached hydrogens (tertiary/aromatic N) is 2. The lowest BCUT2D eigenvalue weighted by atomic mass is 9.87. The monoisotopic (exact) mass is 372 g/mol. The van der Waals surface area contributed by atoms with Crippen molar-refractivity contribution in [1.82, 2.24) is 14.8 Å². The van der Waals surface area contributed by atoms with Crippen molar-refractivity contribution in [2.75, 3.05) is 5.32 Å². The van der Waals surface area contributed by atoms with Gasteiger partial charge >= 0.3 is 0 Å². The van der Waals surface area contributed by atoms with E-state index in [1.165, 1.54) is 5.56 Å². The topological polar surface area (TPSA) is 62.7 Å². The van der Waals surface area contributed by atoms with Gasteiger partial charge in [0.1, 0.15) is 0 Å². The summed E-state index contributed by atoms with van der Waals surface area (Å²) < 4.78 is 1.61. The third-order valence-corrected chi connectivity index (χ3v) is 4.94. The molecule has 0 aliphatic rings. The van der Waals surface area contributed by atoms with Crippen molar-refractivity contribution >= 4 is 16.6 Å². The van der Waals surface area contributed by atoms with Gasteiger partial charge in [0.05, 0.1) is 16.6 Å². The Kier molecular flexibility index (Phi) is 4.51. The summed E-state index contributed by atoms with van der Waals surface area (Å²) in [5, 5.41) is 7.27. The van der Waals surface area contributed by atoms with Gasteiger partial charge in [-0.1, -0.05) is 39.0 Å². The second kappa shape index (κ2) is 7.00. The van der Waals surface area contributed by atoms with Crippen LogP contribution in [0.4, 0.5) is 5.69 Å². The number of aromatic nitrogens is 3. The van der Waals surface area contributed by atoms with Gasteiger partial charge in [-0.05, 0) is 52.9 Å². The van der Waals surface area contributed by atoms with Crippen molar-refractivity contribution in [3.05, 3.63) is 88.5 Å². The molecule has 2 aromatic heterocycles. The van der Waals surface area contributed by atoms with Crippen molar-refractivity contribution in [1.29, 1.82) is 0 Å². The molecule has 0 saturated heterocycles. The quantitative estimate of drug-likeness (QED) is 0.549. The Balaban J connectivity index is 1.70. The van der Waals surface area contributed by atoms with Crippen LogP contribution in [0.15, 0.2) is 71.8 Å². The van der Waals surface area contributed by atoms with Crippen LogP contribution in [0.3, 0.4) is 0 Å². The number of H-pyrrole nitrogens is 1. The second-order valence-corrected chi connectivity index (χ2v) is 7.99. The minimum atomic E-state index is -0.0589. The Morgan fingerprint density at radius 2 is 1.71 bits per heavy atom. The van der Waals surface area contributed by atoms with Crippen molar-refractivity contribution in [3.8, 4) is 5.69 Å². The van der Waals surface area contributed by atoms with E-state index in [-0.39, 0.29) is 11.0 Å². The summed E-state index contributed by atoms with van der Waals surface area (Å²) in [6.45, 7) is 7.17. The third kappa shape index (κ3) is 3.43. The first-order chi connectivity index (χ1) is 13.4. The fraction of sp³-hybridized carbons (Fsp3) is 0.217. The van der Waals surface area contributed by atoms with E-state index in [0.29, 0.717) is 11.9 Å². The maximum absolute atomic E-state index is 13.1. The molecule has 0 radical (unpaired) electrons. The van der Waals surface area contributed by atoms with Gasteiger partial charge in [0, 0.05) is 24.6 Å². The van der Waals surface area contributed by atoms with E-state index in [0.717, 1.165) is 22.5 Å². The maximum Gasteiger partial charge on any atom is 0.281 e. The van der Waals surface area contributed by atoms with Gasteiger partial charge in [-0.15, -0.1) is 0 Å². The number of pyridine rings is 1. The van der Waals surface area contributed by atoms with Gasteiger partial charge < -0.3 is 5.32 Å². The fourth-order valence-corrected chi connectivity index (χ4v) is 3.30. The fourth-order valence-electron chi connectivity index (χ4n) is 3.30. The normalized spacial score (nSPS) is 11.7. The average Bonchev–Trinajstić information content (AvgIpc) is 3.04. The zero-order valence-electron chi connectivity index (χ0n) is 16.4. The molecule has 0 saturated carbocycles. The van der Waals surface area contributed by atoms with Crippen LogP contribution < -0.4 is 10.9 Å². The molecule has 4 aromatic rings. The van der Waals surface area contributed by atoms with Gasteiger partial charge in [0.25, 0.3) is 5.56 Å². The number of benzene rings is 2. The first-order valence-electron chi connectivity index (χ1n) is 9.41. The molecule has 0 atom stereocenters. The molecule has 142 valence electrons. The van der Waals surface area contributed by atoms with E-state index < -0.39 is 0 Å². The molecule has 0 aliphatic heterocycles. The van der Waals surface area contributed by atoms with Gasteiger partial charge in [-0.2, -0.15) is 0 Å². The van der Waals surface area contributed by atoms with Gasteiger partial charge in [-0.25, -0.2) is 4.68 Å². The van der Waals surface area contributed by atoms with Gasteiger partial charge in [0.2, 0.25) is 0 Å². The summed E-state index contributed by atoms with van der Waals surface area (Å²) in [7, 11) is 0. The van der Waals surface area contributed by atoms with E-state index in [2.05, 4.69) is 48.3 Å². The Labute approximate surface area is 164 Å². The number of rotatable bonds is 4. The summed E-state index contributed by atoms with van der Waals surface area (Å²) >= 11 is 0. The highest BCUT2D eigenvalue weighted by Crippen LogP contribution is 2.24. The highest BCUT2D eigenvalue weighted by molar-refractivity contribution is 5.91. The molecular formula is C23H24N4O. The number of fused-ring (bicyclic) bond motifs is 1. The first-order valence-corrected chi connectivity index (χ1v) is 9.41. The van der Waals surface area contributed by atoms with Crippen LogP contribution in [0.1, 0.15) is 31.9 Å². The van der Waals surface area contributed by atoms with Crippen molar-refractivity contribution < 1.29 is 0 Å².